The van der Waals surface area contributed by atoms with Crippen molar-refractivity contribution in [1.82, 2.24) is 4.90 Å². The topological polar surface area (TPSA) is 23.5 Å². The number of hydrogen-bond acceptors (Lipinski definition) is 2. The highest BCUT2D eigenvalue weighted by atomic mass is 16.3. The van der Waals surface area contributed by atoms with Gasteiger partial charge in [0.05, 0.1) is 6.61 Å². The molecular formula is C10H21NO. The maximum absolute atomic E-state index is 8.86. The maximum atomic E-state index is 8.86. The lowest BCUT2D eigenvalue weighted by Crippen LogP contribution is -2.31. The van der Waals surface area contributed by atoms with Crippen molar-refractivity contribution in [2.75, 3.05) is 19.7 Å². The summed E-state index contributed by atoms with van der Waals surface area (Å²) in [5, 5.41) is 8.86. The Labute approximate surface area is 75.6 Å². The summed E-state index contributed by atoms with van der Waals surface area (Å²) in [4.78, 5) is 2.44. The third-order valence-corrected chi connectivity index (χ3v) is 2.72. The lowest BCUT2D eigenvalue weighted by atomic mass is 10.3. The zero-order valence-electron chi connectivity index (χ0n) is 8.29. The van der Waals surface area contributed by atoms with E-state index in [1.807, 2.05) is 0 Å². The summed E-state index contributed by atoms with van der Waals surface area (Å²) < 4.78 is 0. The number of aliphatic hydroxyl groups excluding tert-OH is 1. The fourth-order valence-corrected chi connectivity index (χ4v) is 1.74. The number of nitrogens with zero attached hydrogens (tertiary/aromatic N) is 1. The summed E-state index contributed by atoms with van der Waals surface area (Å²) in [5.74, 6) is 0.869. The molecule has 0 aromatic rings. The second-order valence-corrected chi connectivity index (χ2v) is 3.89. The summed E-state index contributed by atoms with van der Waals surface area (Å²) >= 11 is 0. The third-order valence-electron chi connectivity index (χ3n) is 2.72. The van der Waals surface area contributed by atoms with Crippen molar-refractivity contribution in [3.05, 3.63) is 0 Å². The Balaban J connectivity index is 2.19. The molecule has 0 aliphatic heterocycles. The zero-order valence-corrected chi connectivity index (χ0v) is 8.29. The molecule has 0 aromatic carbocycles. The lowest BCUT2D eigenvalue weighted by Gasteiger charge is -2.20. The first-order chi connectivity index (χ1) is 5.79. The van der Waals surface area contributed by atoms with Crippen LogP contribution in [0.2, 0.25) is 0 Å². The molecular weight excluding hydrogens is 150 g/mol. The second-order valence-electron chi connectivity index (χ2n) is 3.89. The van der Waals surface area contributed by atoms with Gasteiger partial charge in [-0.05, 0) is 25.3 Å². The standard InChI is InChI=1S/C10H21NO/c1-3-4-5-11(6-7-12)10-8-9(10)2/h9-10,12H,3-8H2,1-2H3. The lowest BCUT2D eigenvalue weighted by molar-refractivity contribution is 0.182. The molecule has 0 spiro atoms. The van der Waals surface area contributed by atoms with Crippen molar-refractivity contribution < 1.29 is 5.11 Å². The van der Waals surface area contributed by atoms with Crippen molar-refractivity contribution in [3.63, 3.8) is 0 Å². The van der Waals surface area contributed by atoms with Gasteiger partial charge in [-0.2, -0.15) is 0 Å². The molecule has 1 rings (SSSR count). The van der Waals surface area contributed by atoms with E-state index in [0.717, 1.165) is 18.5 Å². The SMILES string of the molecule is CCCCN(CCO)C1CC1C. The highest BCUT2D eigenvalue weighted by Gasteiger charge is 2.36. The highest BCUT2D eigenvalue weighted by molar-refractivity contribution is 4.91. The van der Waals surface area contributed by atoms with Crippen molar-refractivity contribution >= 4 is 0 Å². The largest absolute Gasteiger partial charge is 0.395 e. The van der Waals surface area contributed by atoms with Crippen LogP contribution in [0.25, 0.3) is 0 Å². The fourth-order valence-electron chi connectivity index (χ4n) is 1.74. The molecule has 2 atom stereocenters. The number of hydrogen-bond donors (Lipinski definition) is 1. The average Bonchev–Trinajstić information content (AvgIpc) is 2.76. The van der Waals surface area contributed by atoms with E-state index in [1.165, 1.54) is 25.8 Å². The normalized spacial score (nSPS) is 28.0. The Hall–Kier alpha value is -0.0800. The van der Waals surface area contributed by atoms with Crippen LogP contribution in [-0.2, 0) is 0 Å². The van der Waals surface area contributed by atoms with Gasteiger partial charge in [0.25, 0.3) is 0 Å². The first-order valence-corrected chi connectivity index (χ1v) is 5.14. The molecule has 1 N–H and O–H groups in total. The van der Waals surface area contributed by atoms with Crippen LogP contribution in [0.4, 0.5) is 0 Å². The van der Waals surface area contributed by atoms with Crippen LogP contribution in [0.5, 0.6) is 0 Å². The van der Waals surface area contributed by atoms with Crippen LogP contribution in [0.1, 0.15) is 33.1 Å². The van der Waals surface area contributed by atoms with Crippen LogP contribution in [0, 0.1) is 5.92 Å². The van der Waals surface area contributed by atoms with E-state index < -0.39 is 0 Å². The highest BCUT2D eigenvalue weighted by Crippen LogP contribution is 2.34. The third kappa shape index (κ3) is 2.76. The van der Waals surface area contributed by atoms with Gasteiger partial charge in [-0.15, -0.1) is 0 Å². The molecule has 2 heteroatoms. The molecule has 2 nitrogen and oxygen atoms in total. The van der Waals surface area contributed by atoms with Crippen molar-refractivity contribution in [2.45, 2.75) is 39.2 Å². The minimum atomic E-state index is 0.312. The first-order valence-electron chi connectivity index (χ1n) is 5.14. The number of unbranched alkanes of at least 4 members (excludes halogenated alkanes) is 1. The predicted octanol–water partition coefficient (Wildman–Crippen LogP) is 1.49. The molecule has 0 aromatic heterocycles. The van der Waals surface area contributed by atoms with E-state index in [9.17, 15) is 0 Å². The summed E-state index contributed by atoms with van der Waals surface area (Å²) in [6, 6.07) is 0.781. The molecule has 0 heterocycles. The van der Waals surface area contributed by atoms with Crippen LogP contribution in [-0.4, -0.2) is 35.7 Å². The predicted molar refractivity (Wildman–Crippen MR) is 51.1 cm³/mol. The van der Waals surface area contributed by atoms with E-state index in [2.05, 4.69) is 18.7 Å². The molecule has 12 heavy (non-hydrogen) atoms. The minimum absolute atomic E-state index is 0.312. The molecule has 2 unspecified atom stereocenters. The molecule has 0 amide bonds. The van der Waals surface area contributed by atoms with Crippen LogP contribution in [0.15, 0.2) is 0 Å². The fraction of sp³-hybridized carbons (Fsp3) is 1.00. The van der Waals surface area contributed by atoms with Gasteiger partial charge in [0.2, 0.25) is 0 Å². The van der Waals surface area contributed by atoms with Crippen molar-refractivity contribution in [3.8, 4) is 0 Å². The van der Waals surface area contributed by atoms with E-state index in [-0.39, 0.29) is 0 Å². The maximum Gasteiger partial charge on any atom is 0.0558 e. The Morgan fingerprint density at radius 3 is 2.50 bits per heavy atom. The van der Waals surface area contributed by atoms with Crippen molar-refractivity contribution in [2.24, 2.45) is 5.92 Å². The summed E-state index contributed by atoms with van der Waals surface area (Å²) in [6.45, 7) is 6.86. The van der Waals surface area contributed by atoms with Gasteiger partial charge in [-0.1, -0.05) is 20.3 Å². The van der Waals surface area contributed by atoms with Gasteiger partial charge >= 0.3 is 0 Å². The average molecular weight is 171 g/mol. The minimum Gasteiger partial charge on any atom is -0.395 e. The van der Waals surface area contributed by atoms with E-state index >= 15 is 0 Å². The Kier molecular flexibility index (Phi) is 4.02. The summed E-state index contributed by atoms with van der Waals surface area (Å²) in [5.41, 5.74) is 0. The number of aliphatic hydroxyl groups is 1. The Morgan fingerprint density at radius 1 is 1.42 bits per heavy atom. The monoisotopic (exact) mass is 171 g/mol. The van der Waals surface area contributed by atoms with E-state index in [0.29, 0.717) is 6.61 Å². The van der Waals surface area contributed by atoms with Gasteiger partial charge in [0.1, 0.15) is 0 Å². The van der Waals surface area contributed by atoms with E-state index in [4.69, 9.17) is 5.11 Å². The molecule has 1 aliphatic rings. The molecule has 1 fully saturated rings. The molecule has 0 radical (unpaired) electrons. The van der Waals surface area contributed by atoms with Gasteiger partial charge in [0, 0.05) is 12.6 Å². The molecule has 1 saturated carbocycles. The van der Waals surface area contributed by atoms with Gasteiger partial charge < -0.3 is 5.11 Å². The second kappa shape index (κ2) is 4.83. The van der Waals surface area contributed by atoms with Crippen LogP contribution < -0.4 is 0 Å². The van der Waals surface area contributed by atoms with Crippen molar-refractivity contribution in [1.29, 1.82) is 0 Å². The van der Waals surface area contributed by atoms with Gasteiger partial charge in [-0.3, -0.25) is 4.90 Å². The number of rotatable bonds is 6. The van der Waals surface area contributed by atoms with Gasteiger partial charge in [0.15, 0.2) is 0 Å². The summed E-state index contributed by atoms with van der Waals surface area (Å²) in [6.07, 6.45) is 3.86. The Bertz CT molecular complexity index is 127. The quantitative estimate of drug-likeness (QED) is 0.654. The molecule has 72 valence electrons. The summed E-state index contributed by atoms with van der Waals surface area (Å²) in [7, 11) is 0. The molecule has 0 bridgehead atoms. The smallest absolute Gasteiger partial charge is 0.0558 e. The molecule has 1 aliphatic carbocycles. The van der Waals surface area contributed by atoms with Crippen LogP contribution in [0.3, 0.4) is 0 Å². The van der Waals surface area contributed by atoms with Gasteiger partial charge in [-0.25, -0.2) is 0 Å². The Morgan fingerprint density at radius 2 is 2.08 bits per heavy atom. The van der Waals surface area contributed by atoms with E-state index in [1.54, 1.807) is 0 Å². The molecule has 0 saturated heterocycles. The first kappa shape index (κ1) is 10.0. The zero-order chi connectivity index (χ0) is 8.97. The van der Waals surface area contributed by atoms with Crippen LogP contribution >= 0.6 is 0 Å².